The quantitative estimate of drug-likeness (QED) is 0.689. The lowest BCUT2D eigenvalue weighted by atomic mass is 9.94. The zero-order chi connectivity index (χ0) is 10.5. The first kappa shape index (κ1) is 12.3. The second kappa shape index (κ2) is 5.11. The highest BCUT2D eigenvalue weighted by atomic mass is 32.2. The van der Waals surface area contributed by atoms with Crippen LogP contribution in [0.3, 0.4) is 0 Å². The summed E-state index contributed by atoms with van der Waals surface area (Å²) in [6.07, 6.45) is 1.82. The standard InChI is InChI=1S/C8H15NO3S/c1-8(2,7(11)12)5-9-6(10)4-13-3/h4-5H2,1-3H3,(H,9,10)(H,11,12). The fourth-order valence-corrected chi connectivity index (χ4v) is 0.942. The molecule has 0 radical (unpaired) electrons. The highest BCUT2D eigenvalue weighted by Gasteiger charge is 2.27. The molecule has 0 unspecified atom stereocenters. The Hall–Kier alpha value is -0.710. The Labute approximate surface area is 82.1 Å². The second-order valence-electron chi connectivity index (χ2n) is 3.40. The third-order valence-corrected chi connectivity index (χ3v) is 2.13. The lowest BCUT2D eigenvalue weighted by Gasteiger charge is -2.19. The van der Waals surface area contributed by atoms with Crippen LogP contribution in [-0.2, 0) is 9.59 Å². The van der Waals surface area contributed by atoms with Gasteiger partial charge in [-0.15, -0.1) is 0 Å². The molecule has 2 N–H and O–H groups in total. The van der Waals surface area contributed by atoms with Gasteiger partial charge in [-0.25, -0.2) is 0 Å². The Kier molecular flexibility index (Phi) is 4.83. The molecule has 0 rings (SSSR count). The molecule has 1 amide bonds. The number of carbonyl (C=O) groups excluding carboxylic acids is 1. The lowest BCUT2D eigenvalue weighted by Crippen LogP contribution is -2.39. The molecule has 0 fully saturated rings. The zero-order valence-electron chi connectivity index (χ0n) is 8.09. The molecule has 0 spiro atoms. The van der Waals surface area contributed by atoms with Gasteiger partial charge in [-0.1, -0.05) is 0 Å². The van der Waals surface area contributed by atoms with Crippen molar-refractivity contribution in [2.75, 3.05) is 18.6 Å². The van der Waals surface area contributed by atoms with Crippen molar-refractivity contribution in [3.63, 3.8) is 0 Å². The first-order valence-corrected chi connectivity index (χ1v) is 5.28. The summed E-state index contributed by atoms with van der Waals surface area (Å²) in [6, 6.07) is 0. The van der Waals surface area contributed by atoms with Gasteiger partial charge in [0.1, 0.15) is 0 Å². The van der Waals surface area contributed by atoms with Gasteiger partial charge >= 0.3 is 5.97 Å². The van der Waals surface area contributed by atoms with Gasteiger partial charge in [0, 0.05) is 6.54 Å². The number of nitrogens with one attached hydrogen (secondary N) is 1. The molecule has 0 atom stereocenters. The summed E-state index contributed by atoms with van der Waals surface area (Å²) in [7, 11) is 0. The van der Waals surface area contributed by atoms with Crippen LogP contribution >= 0.6 is 11.8 Å². The molecule has 0 aromatic heterocycles. The summed E-state index contributed by atoms with van der Waals surface area (Å²) in [5.74, 6) is -0.658. The number of amides is 1. The van der Waals surface area contributed by atoms with Crippen molar-refractivity contribution in [1.29, 1.82) is 0 Å². The topological polar surface area (TPSA) is 66.4 Å². The maximum atomic E-state index is 11.0. The third-order valence-electron chi connectivity index (χ3n) is 1.58. The van der Waals surface area contributed by atoms with E-state index in [2.05, 4.69) is 5.32 Å². The molecule has 0 aliphatic heterocycles. The minimum atomic E-state index is -0.906. The van der Waals surface area contributed by atoms with Crippen molar-refractivity contribution < 1.29 is 14.7 Å². The average Bonchev–Trinajstić information content (AvgIpc) is 2.01. The fourth-order valence-electron chi connectivity index (χ4n) is 0.577. The number of carboxylic acid groups (broad SMARTS) is 1. The normalized spacial score (nSPS) is 11.0. The molecular weight excluding hydrogens is 190 g/mol. The van der Waals surface area contributed by atoms with Gasteiger partial charge in [0.2, 0.25) is 5.91 Å². The molecule has 0 aromatic carbocycles. The summed E-state index contributed by atoms with van der Waals surface area (Å²) >= 11 is 1.41. The highest BCUT2D eigenvalue weighted by Crippen LogP contribution is 2.12. The van der Waals surface area contributed by atoms with Crippen LogP contribution in [-0.4, -0.2) is 35.5 Å². The van der Waals surface area contributed by atoms with Crippen LogP contribution < -0.4 is 5.32 Å². The molecule has 4 nitrogen and oxygen atoms in total. The van der Waals surface area contributed by atoms with E-state index in [1.54, 1.807) is 13.8 Å². The highest BCUT2D eigenvalue weighted by molar-refractivity contribution is 7.99. The van der Waals surface area contributed by atoms with E-state index >= 15 is 0 Å². The van der Waals surface area contributed by atoms with E-state index in [0.717, 1.165) is 0 Å². The van der Waals surface area contributed by atoms with Crippen LogP contribution in [0.1, 0.15) is 13.8 Å². The Balaban J connectivity index is 3.88. The second-order valence-corrected chi connectivity index (χ2v) is 4.26. The van der Waals surface area contributed by atoms with Crippen molar-refractivity contribution >= 4 is 23.6 Å². The average molecular weight is 205 g/mol. The molecule has 0 aliphatic rings. The largest absolute Gasteiger partial charge is 0.481 e. The SMILES string of the molecule is CSCC(=O)NCC(C)(C)C(=O)O. The van der Waals surface area contributed by atoms with E-state index in [-0.39, 0.29) is 12.5 Å². The van der Waals surface area contributed by atoms with E-state index in [0.29, 0.717) is 5.75 Å². The number of hydrogen-bond donors (Lipinski definition) is 2. The van der Waals surface area contributed by atoms with Crippen molar-refractivity contribution in [2.24, 2.45) is 5.41 Å². The molecule has 5 heteroatoms. The number of aliphatic carboxylic acids is 1. The molecule has 0 saturated carbocycles. The van der Waals surface area contributed by atoms with E-state index < -0.39 is 11.4 Å². The zero-order valence-corrected chi connectivity index (χ0v) is 8.90. The summed E-state index contributed by atoms with van der Waals surface area (Å²) in [5, 5.41) is 11.3. The summed E-state index contributed by atoms with van der Waals surface area (Å²) < 4.78 is 0. The van der Waals surface area contributed by atoms with E-state index in [4.69, 9.17) is 5.11 Å². The minimum absolute atomic E-state index is 0.123. The molecule has 13 heavy (non-hydrogen) atoms. The van der Waals surface area contributed by atoms with Gasteiger partial charge in [0.25, 0.3) is 0 Å². The lowest BCUT2D eigenvalue weighted by molar-refractivity contribution is -0.146. The van der Waals surface area contributed by atoms with Gasteiger partial charge in [-0.3, -0.25) is 9.59 Å². The van der Waals surface area contributed by atoms with E-state index in [1.165, 1.54) is 11.8 Å². The summed E-state index contributed by atoms with van der Waals surface area (Å²) in [6.45, 7) is 3.32. The fraction of sp³-hybridized carbons (Fsp3) is 0.750. The van der Waals surface area contributed by atoms with E-state index in [1.807, 2.05) is 6.26 Å². The van der Waals surface area contributed by atoms with Gasteiger partial charge in [0.15, 0.2) is 0 Å². The number of hydrogen-bond acceptors (Lipinski definition) is 3. The van der Waals surface area contributed by atoms with Crippen molar-refractivity contribution in [2.45, 2.75) is 13.8 Å². The number of carbonyl (C=O) groups is 2. The minimum Gasteiger partial charge on any atom is -0.481 e. The monoisotopic (exact) mass is 205 g/mol. The third kappa shape index (κ3) is 4.77. The van der Waals surface area contributed by atoms with Crippen LogP contribution in [0.2, 0.25) is 0 Å². The number of rotatable bonds is 5. The predicted molar refractivity (Wildman–Crippen MR) is 52.8 cm³/mol. The summed E-state index contributed by atoms with van der Waals surface area (Å²) in [4.78, 5) is 21.6. The Morgan fingerprint density at radius 3 is 2.38 bits per heavy atom. The van der Waals surface area contributed by atoms with Gasteiger partial charge < -0.3 is 10.4 Å². The molecule has 76 valence electrons. The number of thioether (sulfide) groups is 1. The van der Waals surface area contributed by atoms with Crippen LogP contribution in [0.15, 0.2) is 0 Å². The van der Waals surface area contributed by atoms with Crippen molar-refractivity contribution in [3.8, 4) is 0 Å². The predicted octanol–water partition coefficient (Wildman–Crippen LogP) is 0.576. The molecule has 0 aliphatic carbocycles. The first-order chi connectivity index (χ1) is 5.90. The smallest absolute Gasteiger partial charge is 0.310 e. The van der Waals surface area contributed by atoms with Crippen LogP contribution in [0.4, 0.5) is 0 Å². The number of carboxylic acids is 1. The molecule has 0 aromatic rings. The molecule has 0 bridgehead atoms. The Morgan fingerprint density at radius 2 is 2.00 bits per heavy atom. The maximum Gasteiger partial charge on any atom is 0.310 e. The molecular formula is C8H15NO3S. The van der Waals surface area contributed by atoms with Crippen LogP contribution in [0.25, 0.3) is 0 Å². The van der Waals surface area contributed by atoms with Crippen LogP contribution in [0, 0.1) is 5.41 Å². The summed E-state index contributed by atoms with van der Waals surface area (Å²) in [5.41, 5.74) is -0.895. The first-order valence-electron chi connectivity index (χ1n) is 3.89. The van der Waals surface area contributed by atoms with Gasteiger partial charge in [0.05, 0.1) is 11.2 Å². The maximum absolute atomic E-state index is 11.0. The van der Waals surface area contributed by atoms with E-state index in [9.17, 15) is 9.59 Å². The molecule has 0 saturated heterocycles. The Morgan fingerprint density at radius 1 is 1.46 bits per heavy atom. The van der Waals surface area contributed by atoms with Crippen LogP contribution in [0.5, 0.6) is 0 Å². The van der Waals surface area contributed by atoms with Gasteiger partial charge in [-0.2, -0.15) is 11.8 Å². The van der Waals surface area contributed by atoms with Crippen molar-refractivity contribution in [3.05, 3.63) is 0 Å². The Bertz CT molecular complexity index is 204. The van der Waals surface area contributed by atoms with Gasteiger partial charge in [-0.05, 0) is 20.1 Å². The molecule has 0 heterocycles. The van der Waals surface area contributed by atoms with Crippen molar-refractivity contribution in [1.82, 2.24) is 5.32 Å².